The number of para-hydroxylation sites is 2. The molecule has 0 spiro atoms. The van der Waals surface area contributed by atoms with Crippen molar-refractivity contribution in [2.75, 3.05) is 0 Å². The van der Waals surface area contributed by atoms with Crippen molar-refractivity contribution in [3.8, 4) is 50.4 Å². The van der Waals surface area contributed by atoms with Gasteiger partial charge in [0, 0.05) is 43.7 Å². The predicted octanol–water partition coefficient (Wildman–Crippen LogP) is 16.4. The van der Waals surface area contributed by atoms with E-state index in [0.29, 0.717) is 0 Å². The van der Waals surface area contributed by atoms with Gasteiger partial charge in [0.1, 0.15) is 11.3 Å². The maximum absolute atomic E-state index is 6.92. The van der Waals surface area contributed by atoms with E-state index in [1.165, 1.54) is 60.0 Å². The van der Waals surface area contributed by atoms with Crippen LogP contribution in [-0.4, -0.2) is 4.57 Å². The minimum atomic E-state index is 0.756. The third-order valence-corrected chi connectivity index (χ3v) is 12.6. The highest BCUT2D eigenvalue weighted by Crippen LogP contribution is 2.50. The average Bonchev–Trinajstić information content (AvgIpc) is 4.02. The highest BCUT2D eigenvalue weighted by molar-refractivity contribution is 6.27. The molecule has 0 aliphatic rings. The molecule has 0 radical (unpaired) electrons. The van der Waals surface area contributed by atoms with Crippen molar-refractivity contribution in [3.63, 3.8) is 0 Å². The Morgan fingerprint density at radius 3 is 1.57 bits per heavy atom. The molecular formula is C58H35NO2. The predicted molar refractivity (Wildman–Crippen MR) is 255 cm³/mol. The van der Waals surface area contributed by atoms with E-state index in [-0.39, 0.29) is 0 Å². The van der Waals surface area contributed by atoms with Crippen LogP contribution < -0.4 is 0 Å². The second kappa shape index (κ2) is 13.2. The Labute approximate surface area is 350 Å². The van der Waals surface area contributed by atoms with Gasteiger partial charge in [-0.1, -0.05) is 164 Å². The van der Waals surface area contributed by atoms with Crippen LogP contribution in [0.25, 0.3) is 127 Å². The summed E-state index contributed by atoms with van der Waals surface area (Å²) >= 11 is 0. The minimum Gasteiger partial charge on any atom is -0.452 e. The smallest absolute Gasteiger partial charge is 0.178 e. The third kappa shape index (κ3) is 4.98. The van der Waals surface area contributed by atoms with Gasteiger partial charge in [-0.25, -0.2) is 0 Å². The summed E-state index contributed by atoms with van der Waals surface area (Å²) in [5, 5.41) is 10.4. The Kier molecular flexibility index (Phi) is 7.31. The van der Waals surface area contributed by atoms with Crippen LogP contribution in [0.3, 0.4) is 0 Å². The van der Waals surface area contributed by atoms with E-state index in [9.17, 15) is 0 Å². The fourth-order valence-corrected chi connectivity index (χ4v) is 10.0. The zero-order valence-corrected chi connectivity index (χ0v) is 33.0. The summed E-state index contributed by atoms with van der Waals surface area (Å²) in [5.41, 5.74) is 13.8. The lowest BCUT2D eigenvalue weighted by atomic mass is 9.84. The molecule has 3 nitrogen and oxygen atoms in total. The lowest BCUT2D eigenvalue weighted by Crippen LogP contribution is -1.93. The van der Waals surface area contributed by atoms with E-state index in [1.807, 2.05) is 6.07 Å². The van der Waals surface area contributed by atoms with E-state index < -0.39 is 0 Å². The number of hydrogen-bond acceptors (Lipinski definition) is 2. The van der Waals surface area contributed by atoms with Crippen molar-refractivity contribution in [1.29, 1.82) is 0 Å². The number of nitrogens with zero attached hydrogens (tertiary/aromatic N) is 1. The summed E-state index contributed by atoms with van der Waals surface area (Å²) in [6.07, 6.45) is 0. The summed E-state index contributed by atoms with van der Waals surface area (Å²) < 4.78 is 16.2. The highest BCUT2D eigenvalue weighted by atomic mass is 16.4. The number of furan rings is 2. The van der Waals surface area contributed by atoms with E-state index in [2.05, 4.69) is 211 Å². The summed E-state index contributed by atoms with van der Waals surface area (Å²) in [4.78, 5) is 0. The van der Waals surface area contributed by atoms with Crippen molar-refractivity contribution in [2.45, 2.75) is 0 Å². The van der Waals surface area contributed by atoms with Gasteiger partial charge in [-0.3, -0.25) is 0 Å². The Balaban J connectivity index is 1.07. The molecule has 13 rings (SSSR count). The van der Waals surface area contributed by atoms with Gasteiger partial charge < -0.3 is 13.4 Å². The summed E-state index contributed by atoms with van der Waals surface area (Å²) in [6.45, 7) is 0. The normalized spacial score (nSPS) is 11.9. The Bertz CT molecular complexity index is 3800. The zero-order valence-electron chi connectivity index (χ0n) is 33.0. The minimum absolute atomic E-state index is 0.756. The number of hydrogen-bond donors (Lipinski definition) is 0. The molecule has 13 aromatic rings. The largest absolute Gasteiger partial charge is 0.452 e. The topological polar surface area (TPSA) is 31.2 Å². The van der Waals surface area contributed by atoms with Gasteiger partial charge in [-0.05, 0) is 97.9 Å². The highest BCUT2D eigenvalue weighted by Gasteiger charge is 2.25. The summed E-state index contributed by atoms with van der Waals surface area (Å²) in [5.74, 6) is 0.838. The van der Waals surface area contributed by atoms with Crippen LogP contribution >= 0.6 is 0 Å². The SMILES string of the molecule is c1ccc(-c2oc3c(ccc4c3oc3cccc(-c5c6ccccc6c(-c6ccc7c(c6)c6ccccc6n7-c6ccccc6)c6ccccc56)c34)c2-c2ccccc2)cc1. The standard InChI is InChI=1S/C58H35NO2/c1-4-17-36(18-5-1)53-46-32-33-47-55-45(28-16-30-51(55)60-57(47)58(46)61-56(53)37-19-6-2-7-20-37)54-43-26-12-10-24-41(43)52(42-25-11-13-27-44(42)54)38-31-34-50-48(35-38)40-23-14-15-29-49(40)59(50)39-21-8-3-9-22-39/h1-35H. The van der Waals surface area contributed by atoms with E-state index in [1.54, 1.807) is 0 Å². The first-order chi connectivity index (χ1) is 30.3. The number of benzene rings is 10. The van der Waals surface area contributed by atoms with Crippen LogP contribution in [0, 0.1) is 0 Å². The zero-order chi connectivity index (χ0) is 40.0. The first kappa shape index (κ1) is 33.8. The molecule has 0 N–H and O–H groups in total. The van der Waals surface area contributed by atoms with Crippen molar-refractivity contribution in [3.05, 3.63) is 212 Å². The van der Waals surface area contributed by atoms with Crippen LogP contribution in [0.15, 0.2) is 221 Å². The van der Waals surface area contributed by atoms with Gasteiger partial charge in [-0.2, -0.15) is 0 Å². The Morgan fingerprint density at radius 1 is 0.311 bits per heavy atom. The molecule has 3 aromatic heterocycles. The fraction of sp³-hybridized carbons (Fsp3) is 0. The van der Waals surface area contributed by atoms with Crippen LogP contribution in [0.4, 0.5) is 0 Å². The maximum Gasteiger partial charge on any atom is 0.178 e. The average molecular weight is 778 g/mol. The molecule has 284 valence electrons. The van der Waals surface area contributed by atoms with Crippen molar-refractivity contribution in [1.82, 2.24) is 4.57 Å². The van der Waals surface area contributed by atoms with Crippen LogP contribution in [0.5, 0.6) is 0 Å². The summed E-state index contributed by atoms with van der Waals surface area (Å²) in [6, 6.07) is 76.0. The lowest BCUT2D eigenvalue weighted by Gasteiger charge is -2.18. The molecule has 0 aliphatic heterocycles. The molecule has 0 amide bonds. The number of rotatable bonds is 5. The van der Waals surface area contributed by atoms with Crippen LogP contribution in [0.1, 0.15) is 0 Å². The monoisotopic (exact) mass is 777 g/mol. The quantitative estimate of drug-likeness (QED) is 0.163. The Hall–Kier alpha value is -8.14. The molecule has 0 unspecified atom stereocenters. The molecule has 0 atom stereocenters. The van der Waals surface area contributed by atoms with Gasteiger partial charge in [0.25, 0.3) is 0 Å². The fourth-order valence-electron chi connectivity index (χ4n) is 10.0. The molecular weight excluding hydrogens is 743 g/mol. The molecule has 0 saturated carbocycles. The van der Waals surface area contributed by atoms with Gasteiger partial charge in [0.15, 0.2) is 11.2 Å². The summed E-state index contributed by atoms with van der Waals surface area (Å²) in [7, 11) is 0. The van der Waals surface area contributed by atoms with Crippen molar-refractivity contribution < 1.29 is 8.83 Å². The molecule has 3 heteroatoms. The molecule has 0 fully saturated rings. The first-order valence-corrected chi connectivity index (χ1v) is 20.8. The molecule has 0 bridgehead atoms. The number of fused-ring (bicyclic) bond motifs is 10. The molecule has 10 aromatic carbocycles. The van der Waals surface area contributed by atoms with Gasteiger partial charge in [-0.15, -0.1) is 0 Å². The van der Waals surface area contributed by atoms with E-state index >= 15 is 0 Å². The molecule has 0 aliphatic carbocycles. The number of aromatic nitrogens is 1. The molecule has 61 heavy (non-hydrogen) atoms. The van der Waals surface area contributed by atoms with Gasteiger partial charge in [0.05, 0.1) is 11.0 Å². The van der Waals surface area contributed by atoms with Crippen molar-refractivity contribution in [2.24, 2.45) is 0 Å². The van der Waals surface area contributed by atoms with Crippen LogP contribution in [0.2, 0.25) is 0 Å². The van der Waals surface area contributed by atoms with Crippen molar-refractivity contribution >= 4 is 76.3 Å². The van der Waals surface area contributed by atoms with E-state index in [0.717, 1.165) is 66.6 Å². The molecule has 3 heterocycles. The second-order valence-corrected chi connectivity index (χ2v) is 15.9. The Morgan fingerprint density at radius 2 is 0.869 bits per heavy atom. The maximum atomic E-state index is 6.92. The lowest BCUT2D eigenvalue weighted by molar-refractivity contribution is 0.612. The first-order valence-electron chi connectivity index (χ1n) is 20.8. The van der Waals surface area contributed by atoms with Crippen LogP contribution in [-0.2, 0) is 0 Å². The van der Waals surface area contributed by atoms with Gasteiger partial charge >= 0.3 is 0 Å². The van der Waals surface area contributed by atoms with E-state index in [4.69, 9.17) is 8.83 Å². The third-order valence-electron chi connectivity index (χ3n) is 12.6. The second-order valence-electron chi connectivity index (χ2n) is 15.9. The molecule has 0 saturated heterocycles. The van der Waals surface area contributed by atoms with Gasteiger partial charge in [0.2, 0.25) is 0 Å².